The first-order valence-corrected chi connectivity index (χ1v) is 8.66. The minimum Gasteiger partial charge on any atom is -0.396 e. The third kappa shape index (κ3) is 3.52. The van der Waals surface area contributed by atoms with Crippen LogP contribution in [0.15, 0.2) is 42.5 Å². The highest BCUT2D eigenvalue weighted by atomic mass is 16.3. The lowest BCUT2D eigenvalue weighted by Crippen LogP contribution is -2.32. The number of aliphatic hydroxyl groups excluding tert-OH is 1. The molecule has 1 nitrogen and oxygen atoms in total. The Balaban J connectivity index is 1.65. The summed E-state index contributed by atoms with van der Waals surface area (Å²) in [6.07, 6.45) is 6.08. The third-order valence-corrected chi connectivity index (χ3v) is 5.53. The Morgan fingerprint density at radius 1 is 1.05 bits per heavy atom. The van der Waals surface area contributed by atoms with E-state index >= 15 is 0 Å². The molecule has 0 saturated heterocycles. The van der Waals surface area contributed by atoms with Crippen molar-refractivity contribution in [1.82, 2.24) is 0 Å². The summed E-state index contributed by atoms with van der Waals surface area (Å²) in [5, 5.41) is 12.4. The second-order valence-corrected chi connectivity index (χ2v) is 7.83. The van der Waals surface area contributed by atoms with E-state index in [9.17, 15) is 5.11 Å². The molecule has 0 aliphatic heterocycles. The zero-order valence-electron chi connectivity index (χ0n) is 13.9. The SMILES string of the molecule is CC1(C)CC[C@H](CCc2ccc3ccccc3c2)[C@H](CO)C1. The minimum absolute atomic E-state index is 0.353. The summed E-state index contributed by atoms with van der Waals surface area (Å²) < 4.78 is 0. The minimum atomic E-state index is 0.353. The summed E-state index contributed by atoms with van der Waals surface area (Å²) in [6, 6.07) is 15.4. The van der Waals surface area contributed by atoms with Crippen LogP contribution in [-0.4, -0.2) is 11.7 Å². The van der Waals surface area contributed by atoms with Crippen LogP contribution in [0.3, 0.4) is 0 Å². The molecule has 0 heterocycles. The van der Waals surface area contributed by atoms with Crippen molar-refractivity contribution in [3.05, 3.63) is 48.0 Å². The topological polar surface area (TPSA) is 20.2 Å². The van der Waals surface area contributed by atoms with Gasteiger partial charge in [-0.05, 0) is 65.7 Å². The van der Waals surface area contributed by atoms with E-state index in [1.165, 1.54) is 42.0 Å². The molecule has 1 aliphatic carbocycles. The molecule has 1 heteroatoms. The van der Waals surface area contributed by atoms with E-state index in [-0.39, 0.29) is 0 Å². The van der Waals surface area contributed by atoms with Crippen LogP contribution in [0.25, 0.3) is 10.8 Å². The van der Waals surface area contributed by atoms with Crippen molar-refractivity contribution in [2.45, 2.75) is 46.0 Å². The standard InChI is InChI=1S/C21H28O/c1-21(2)12-11-18(20(14-21)15-22)10-8-16-7-9-17-5-3-4-6-19(17)13-16/h3-7,9,13,18,20,22H,8,10-12,14-15H2,1-2H3/t18-,20-/m0/s1. The predicted molar refractivity (Wildman–Crippen MR) is 94.0 cm³/mol. The molecule has 0 aromatic heterocycles. The number of hydrogen-bond acceptors (Lipinski definition) is 1. The molecule has 0 spiro atoms. The first kappa shape index (κ1) is 15.6. The van der Waals surface area contributed by atoms with E-state index in [1.54, 1.807) is 0 Å². The lowest BCUT2D eigenvalue weighted by molar-refractivity contribution is 0.0641. The third-order valence-electron chi connectivity index (χ3n) is 5.53. The first-order valence-electron chi connectivity index (χ1n) is 8.66. The maximum Gasteiger partial charge on any atom is 0.0462 e. The Kier molecular flexibility index (Phi) is 4.54. The van der Waals surface area contributed by atoms with Crippen LogP contribution in [0, 0.1) is 17.3 Å². The van der Waals surface area contributed by atoms with Crippen LogP contribution < -0.4 is 0 Å². The van der Waals surface area contributed by atoms with Gasteiger partial charge in [0.2, 0.25) is 0 Å². The quantitative estimate of drug-likeness (QED) is 0.821. The van der Waals surface area contributed by atoms with Gasteiger partial charge in [-0.3, -0.25) is 0 Å². The summed E-state index contributed by atoms with van der Waals surface area (Å²) in [7, 11) is 0. The smallest absolute Gasteiger partial charge is 0.0462 e. The van der Waals surface area contributed by atoms with Gasteiger partial charge < -0.3 is 5.11 Å². The van der Waals surface area contributed by atoms with E-state index in [2.05, 4.69) is 56.3 Å². The van der Waals surface area contributed by atoms with Crippen molar-refractivity contribution in [3.8, 4) is 0 Å². The molecule has 2 atom stereocenters. The normalized spacial score (nSPS) is 24.5. The van der Waals surface area contributed by atoms with Crippen molar-refractivity contribution in [2.75, 3.05) is 6.61 Å². The van der Waals surface area contributed by atoms with Crippen LogP contribution >= 0.6 is 0 Å². The molecule has 1 saturated carbocycles. The van der Waals surface area contributed by atoms with Crippen LogP contribution in [0.4, 0.5) is 0 Å². The maximum absolute atomic E-state index is 9.73. The number of hydrogen-bond donors (Lipinski definition) is 1. The average molecular weight is 296 g/mol. The largest absolute Gasteiger partial charge is 0.396 e. The fraction of sp³-hybridized carbons (Fsp3) is 0.524. The lowest BCUT2D eigenvalue weighted by atomic mass is 9.66. The van der Waals surface area contributed by atoms with Gasteiger partial charge >= 0.3 is 0 Å². The van der Waals surface area contributed by atoms with Crippen molar-refractivity contribution >= 4 is 10.8 Å². The van der Waals surface area contributed by atoms with Gasteiger partial charge in [-0.15, -0.1) is 0 Å². The zero-order chi connectivity index (χ0) is 15.6. The molecule has 22 heavy (non-hydrogen) atoms. The van der Waals surface area contributed by atoms with Crippen LogP contribution in [0.1, 0.15) is 45.1 Å². The van der Waals surface area contributed by atoms with E-state index in [1.807, 2.05) is 0 Å². The van der Waals surface area contributed by atoms with Gasteiger partial charge in [0.1, 0.15) is 0 Å². The van der Waals surface area contributed by atoms with Gasteiger partial charge in [-0.1, -0.05) is 56.3 Å². The van der Waals surface area contributed by atoms with Gasteiger partial charge in [0.25, 0.3) is 0 Å². The van der Waals surface area contributed by atoms with Crippen LogP contribution in [0.5, 0.6) is 0 Å². The summed E-state index contributed by atoms with van der Waals surface area (Å²) in [5.41, 5.74) is 1.84. The molecule has 0 radical (unpaired) electrons. The first-order chi connectivity index (χ1) is 10.6. The van der Waals surface area contributed by atoms with Gasteiger partial charge in [0.05, 0.1) is 0 Å². The number of benzene rings is 2. The highest BCUT2D eigenvalue weighted by Gasteiger charge is 2.33. The van der Waals surface area contributed by atoms with Crippen LogP contribution in [0.2, 0.25) is 0 Å². The molecule has 0 amide bonds. The molecule has 1 aliphatic rings. The second kappa shape index (κ2) is 6.42. The summed E-state index contributed by atoms with van der Waals surface area (Å²) in [6.45, 7) is 5.04. The van der Waals surface area contributed by atoms with Crippen molar-refractivity contribution < 1.29 is 5.11 Å². The highest BCUT2D eigenvalue weighted by molar-refractivity contribution is 5.82. The fourth-order valence-corrected chi connectivity index (χ4v) is 4.13. The molecule has 118 valence electrons. The molecule has 0 unspecified atom stereocenters. The molecular formula is C21H28O. The van der Waals surface area contributed by atoms with Gasteiger partial charge in [0, 0.05) is 6.61 Å². The molecule has 2 aromatic carbocycles. The number of aryl methyl sites for hydroxylation is 1. The monoisotopic (exact) mass is 296 g/mol. The van der Waals surface area contributed by atoms with Crippen molar-refractivity contribution in [1.29, 1.82) is 0 Å². The van der Waals surface area contributed by atoms with Crippen molar-refractivity contribution in [2.24, 2.45) is 17.3 Å². The molecule has 0 bridgehead atoms. The Hall–Kier alpha value is -1.34. The zero-order valence-corrected chi connectivity index (χ0v) is 13.9. The summed E-state index contributed by atoms with van der Waals surface area (Å²) >= 11 is 0. The van der Waals surface area contributed by atoms with E-state index in [0.717, 1.165) is 6.42 Å². The van der Waals surface area contributed by atoms with Gasteiger partial charge in [0.15, 0.2) is 0 Å². The lowest BCUT2D eigenvalue weighted by Gasteiger charge is -2.40. The molecular weight excluding hydrogens is 268 g/mol. The fourth-order valence-electron chi connectivity index (χ4n) is 4.13. The number of aliphatic hydroxyl groups is 1. The molecule has 2 aromatic rings. The Labute approximate surface area is 134 Å². The number of rotatable bonds is 4. The maximum atomic E-state index is 9.73. The van der Waals surface area contributed by atoms with E-state index in [0.29, 0.717) is 23.9 Å². The van der Waals surface area contributed by atoms with Gasteiger partial charge in [-0.2, -0.15) is 0 Å². The number of fused-ring (bicyclic) bond motifs is 1. The molecule has 1 N–H and O–H groups in total. The Morgan fingerprint density at radius 2 is 1.82 bits per heavy atom. The second-order valence-electron chi connectivity index (χ2n) is 7.83. The van der Waals surface area contributed by atoms with Gasteiger partial charge in [-0.25, -0.2) is 0 Å². The molecule has 3 rings (SSSR count). The summed E-state index contributed by atoms with van der Waals surface area (Å²) in [4.78, 5) is 0. The van der Waals surface area contributed by atoms with E-state index < -0.39 is 0 Å². The Morgan fingerprint density at radius 3 is 2.59 bits per heavy atom. The van der Waals surface area contributed by atoms with E-state index in [4.69, 9.17) is 0 Å². The predicted octanol–water partition coefficient (Wildman–Crippen LogP) is 5.21. The highest BCUT2D eigenvalue weighted by Crippen LogP contribution is 2.43. The Bertz CT molecular complexity index is 629. The summed E-state index contributed by atoms with van der Waals surface area (Å²) in [5.74, 6) is 1.17. The average Bonchev–Trinajstić information content (AvgIpc) is 2.53. The van der Waals surface area contributed by atoms with Crippen LogP contribution in [-0.2, 0) is 6.42 Å². The van der Waals surface area contributed by atoms with Crippen molar-refractivity contribution in [3.63, 3.8) is 0 Å². The molecule has 1 fully saturated rings.